The van der Waals surface area contributed by atoms with Gasteiger partial charge in [0.25, 0.3) is 0 Å². The van der Waals surface area contributed by atoms with Gasteiger partial charge in [0.05, 0.1) is 26.9 Å². The number of hydrogen-bond donors (Lipinski definition) is 2. The van der Waals surface area contributed by atoms with Crippen molar-refractivity contribution in [1.82, 2.24) is 15.5 Å². The number of rotatable bonds is 4. The number of aryl methyl sites for hydroxylation is 1. The van der Waals surface area contributed by atoms with Crippen LogP contribution in [0.5, 0.6) is 5.75 Å². The van der Waals surface area contributed by atoms with Crippen molar-refractivity contribution in [3.63, 3.8) is 0 Å². The first-order valence-corrected chi connectivity index (χ1v) is 19.3. The van der Waals surface area contributed by atoms with Gasteiger partial charge in [-0.05, 0) is 103 Å². The van der Waals surface area contributed by atoms with E-state index in [0.29, 0.717) is 19.3 Å². The lowest BCUT2D eigenvalue weighted by molar-refractivity contribution is -0.150. The summed E-state index contributed by atoms with van der Waals surface area (Å²) in [5.74, 6) is -0.401. The van der Waals surface area contributed by atoms with E-state index in [9.17, 15) is 19.2 Å². The maximum atomic E-state index is 14.7. The molecule has 6 rings (SSSR count). The van der Waals surface area contributed by atoms with Crippen molar-refractivity contribution in [2.75, 3.05) is 34.0 Å². The molecule has 3 aliphatic heterocycles. The molecule has 5 atom stereocenters. The molecule has 0 aromatic heterocycles. The minimum atomic E-state index is -1.11. The average Bonchev–Trinajstić information content (AvgIpc) is 3.66. The van der Waals surface area contributed by atoms with Gasteiger partial charge in [0.15, 0.2) is 0 Å². The van der Waals surface area contributed by atoms with Gasteiger partial charge in [0.2, 0.25) is 11.8 Å². The largest absolute Gasteiger partial charge is 0.496 e. The monoisotopic (exact) mass is 719 g/mol. The molecular formula is C41H57N3O8. The quantitative estimate of drug-likeness (QED) is 0.351. The van der Waals surface area contributed by atoms with E-state index in [2.05, 4.69) is 42.7 Å². The number of methoxy groups -OCH3 is 2. The fourth-order valence-electron chi connectivity index (χ4n) is 8.71. The highest BCUT2D eigenvalue weighted by Gasteiger charge is 2.63. The standard InChI is InChI=1S/C41H57N3O8/c1-6-51-37(47)41-24-31(41)14-10-8-7-9-11-15-32-36(46)44-26-40(50-5,25-33(44)35(45)43-41)30-17-16-27-23-34(49-4)28(21-29(27)22-30)13-12-18-39(2,3)19-20-52-38(48)42-32/h16-17,21-23,31-33H,6-15,18-20,24-26H2,1-5H3,(H,42,48)(H,43,45)/t31-,32+,33+,40+,41-/m1/s1. The Bertz CT molecular complexity index is 1660. The van der Waals surface area contributed by atoms with Gasteiger partial charge in [-0.1, -0.05) is 58.1 Å². The van der Waals surface area contributed by atoms with Gasteiger partial charge in [0, 0.05) is 13.5 Å². The first kappa shape index (κ1) is 37.9. The molecule has 3 amide bonds. The second-order valence-electron chi connectivity index (χ2n) is 16.1. The molecule has 52 heavy (non-hydrogen) atoms. The van der Waals surface area contributed by atoms with Gasteiger partial charge in [0.1, 0.15) is 29.0 Å². The van der Waals surface area contributed by atoms with Crippen LogP contribution in [0, 0.1) is 11.3 Å². The van der Waals surface area contributed by atoms with Crippen molar-refractivity contribution in [2.24, 2.45) is 11.3 Å². The number of carbonyl (C=O) groups is 4. The van der Waals surface area contributed by atoms with Gasteiger partial charge in [-0.25, -0.2) is 9.59 Å². The van der Waals surface area contributed by atoms with Gasteiger partial charge >= 0.3 is 12.1 Å². The minimum absolute atomic E-state index is 0.0222. The molecule has 2 N–H and O–H groups in total. The number of cyclic esters (lactones) is 1. The number of nitrogens with one attached hydrogen (secondary N) is 2. The molecule has 2 aromatic rings. The van der Waals surface area contributed by atoms with E-state index in [1.807, 2.05) is 12.1 Å². The summed E-state index contributed by atoms with van der Waals surface area (Å²) >= 11 is 0. The highest BCUT2D eigenvalue weighted by Crippen LogP contribution is 2.49. The molecule has 3 fully saturated rings. The Morgan fingerprint density at radius 2 is 1.71 bits per heavy atom. The summed E-state index contributed by atoms with van der Waals surface area (Å²) in [6.07, 6.45) is 9.14. The van der Waals surface area contributed by atoms with Crippen LogP contribution in [0.4, 0.5) is 4.79 Å². The van der Waals surface area contributed by atoms with E-state index in [0.717, 1.165) is 85.4 Å². The third kappa shape index (κ3) is 7.89. The lowest BCUT2D eigenvalue weighted by Gasteiger charge is -2.31. The number of amides is 3. The van der Waals surface area contributed by atoms with Crippen molar-refractivity contribution in [3.05, 3.63) is 41.5 Å². The molecule has 11 nitrogen and oxygen atoms in total. The molecule has 4 aliphatic rings. The van der Waals surface area contributed by atoms with Crippen molar-refractivity contribution in [1.29, 1.82) is 0 Å². The van der Waals surface area contributed by atoms with Crippen LogP contribution in [0.3, 0.4) is 0 Å². The van der Waals surface area contributed by atoms with Crippen molar-refractivity contribution >= 4 is 34.6 Å². The zero-order chi connectivity index (χ0) is 37.1. The zero-order valence-electron chi connectivity index (χ0n) is 31.6. The van der Waals surface area contributed by atoms with Crippen LogP contribution >= 0.6 is 0 Å². The fourth-order valence-corrected chi connectivity index (χ4v) is 8.71. The van der Waals surface area contributed by atoms with Crippen LogP contribution in [-0.4, -0.2) is 80.4 Å². The number of nitrogens with zero attached hydrogens (tertiary/aromatic N) is 1. The Balaban J connectivity index is 1.43. The van der Waals surface area contributed by atoms with Crippen LogP contribution in [0.15, 0.2) is 30.3 Å². The summed E-state index contributed by atoms with van der Waals surface area (Å²) in [6.45, 7) is 6.64. The molecular weight excluding hydrogens is 662 g/mol. The van der Waals surface area contributed by atoms with Gasteiger partial charge in [-0.3, -0.25) is 9.59 Å². The number of carbonyl (C=O) groups excluding carboxylic acids is 4. The normalized spacial score (nSPS) is 30.1. The Kier molecular flexibility index (Phi) is 11.4. The van der Waals surface area contributed by atoms with Crippen LogP contribution in [0.2, 0.25) is 0 Å². The number of ether oxygens (including phenoxy) is 4. The molecule has 3 heterocycles. The lowest BCUT2D eigenvalue weighted by atomic mass is 9.83. The smallest absolute Gasteiger partial charge is 0.407 e. The summed E-state index contributed by atoms with van der Waals surface area (Å²) in [4.78, 5) is 57.5. The third-order valence-corrected chi connectivity index (χ3v) is 12.1. The molecule has 11 heteroatoms. The maximum Gasteiger partial charge on any atom is 0.407 e. The predicted octanol–water partition coefficient (Wildman–Crippen LogP) is 6.32. The Hall–Kier alpha value is -3.86. The summed E-state index contributed by atoms with van der Waals surface area (Å²) in [7, 11) is 3.30. The predicted molar refractivity (Wildman–Crippen MR) is 197 cm³/mol. The van der Waals surface area contributed by atoms with Gasteiger partial charge < -0.3 is 34.5 Å². The van der Waals surface area contributed by atoms with Crippen molar-refractivity contribution in [3.8, 4) is 5.75 Å². The van der Waals surface area contributed by atoms with E-state index >= 15 is 0 Å². The number of hydrogen-bond acceptors (Lipinski definition) is 8. The van der Waals surface area contributed by atoms with Gasteiger partial charge in [-0.2, -0.15) is 0 Å². The Labute approximate surface area is 307 Å². The maximum absolute atomic E-state index is 14.7. The van der Waals surface area contributed by atoms with E-state index in [-0.39, 0.29) is 43.4 Å². The Morgan fingerprint density at radius 3 is 2.46 bits per heavy atom. The van der Waals surface area contributed by atoms with Crippen molar-refractivity contribution < 1.29 is 38.1 Å². The lowest BCUT2D eigenvalue weighted by Crippen LogP contribution is -2.56. The second-order valence-corrected chi connectivity index (χ2v) is 16.1. The average molecular weight is 720 g/mol. The summed E-state index contributed by atoms with van der Waals surface area (Å²) in [6, 6.07) is 8.51. The SMILES string of the molecule is CCOC(=O)[C@@]12C[C@H]1CCCCCCC[C@@H]1NC(=O)OCCC(C)(C)CCCc3cc4cc(ccc4cc3OC)[C@]3(OC)C[C@@H](C(=O)N2)N(C3)C1=O. The minimum Gasteiger partial charge on any atom is -0.496 e. The highest BCUT2D eigenvalue weighted by atomic mass is 16.5. The molecule has 1 aliphatic carbocycles. The zero-order valence-corrected chi connectivity index (χ0v) is 31.6. The molecule has 2 aromatic carbocycles. The van der Waals surface area contributed by atoms with E-state index in [1.165, 1.54) is 0 Å². The summed E-state index contributed by atoms with van der Waals surface area (Å²) in [5, 5.41) is 8.02. The fraction of sp³-hybridized carbons (Fsp3) is 0.659. The molecule has 0 unspecified atom stereocenters. The summed E-state index contributed by atoms with van der Waals surface area (Å²) in [5.41, 5.74) is -0.276. The molecule has 0 spiro atoms. The molecule has 2 saturated heterocycles. The van der Waals surface area contributed by atoms with E-state index < -0.39 is 41.2 Å². The molecule has 1 saturated carbocycles. The first-order valence-electron chi connectivity index (χ1n) is 19.3. The van der Waals surface area contributed by atoms with Crippen LogP contribution < -0.4 is 15.4 Å². The molecule has 6 bridgehead atoms. The van der Waals surface area contributed by atoms with Crippen molar-refractivity contribution in [2.45, 2.75) is 127 Å². The summed E-state index contributed by atoms with van der Waals surface area (Å²) < 4.78 is 23.3. The number of alkyl carbamates (subject to hydrolysis) is 1. The van der Waals surface area contributed by atoms with E-state index in [4.69, 9.17) is 18.9 Å². The molecule has 284 valence electrons. The van der Waals surface area contributed by atoms with E-state index in [1.54, 1.807) is 26.0 Å². The second kappa shape index (κ2) is 15.6. The molecule has 0 radical (unpaired) electrons. The van der Waals surface area contributed by atoms with Crippen LogP contribution in [0.1, 0.15) is 109 Å². The number of esters is 1. The number of benzene rings is 2. The van der Waals surface area contributed by atoms with Crippen LogP contribution in [-0.2, 0) is 40.6 Å². The topological polar surface area (TPSA) is 132 Å². The van der Waals surface area contributed by atoms with Gasteiger partial charge in [-0.15, -0.1) is 0 Å². The first-order chi connectivity index (χ1) is 24.9. The number of fused-ring (bicyclic) bond motifs is 6. The third-order valence-electron chi connectivity index (χ3n) is 12.1. The Morgan fingerprint density at radius 1 is 0.942 bits per heavy atom. The van der Waals surface area contributed by atoms with Crippen LogP contribution in [0.25, 0.3) is 10.8 Å². The highest BCUT2D eigenvalue weighted by molar-refractivity contribution is 5.96.